The lowest BCUT2D eigenvalue weighted by Gasteiger charge is -2.18. The molecule has 0 aliphatic heterocycles. The largest absolute Gasteiger partial charge is 0.490 e. The van der Waals surface area contributed by atoms with Gasteiger partial charge in [-0.05, 0) is 24.3 Å². The van der Waals surface area contributed by atoms with Crippen LogP contribution in [0.4, 0.5) is 5.69 Å². The van der Waals surface area contributed by atoms with Crippen molar-refractivity contribution in [1.29, 1.82) is 0 Å². The van der Waals surface area contributed by atoms with Gasteiger partial charge in [-0.2, -0.15) is 0 Å². The number of ether oxygens (including phenoxy) is 1. The van der Waals surface area contributed by atoms with E-state index in [0.29, 0.717) is 16.5 Å². The molecule has 0 aliphatic carbocycles. The Kier molecular flexibility index (Phi) is 5.67. The van der Waals surface area contributed by atoms with Crippen LogP contribution in [0.2, 0.25) is 10.0 Å². The molecule has 0 radical (unpaired) electrons. The maximum atomic E-state index is 9.21. The highest BCUT2D eigenvalue weighted by atomic mass is 35.5. The molecule has 1 unspecified atom stereocenters. The SMILES string of the molecule is OB(O)c1cccc(NC(S)Oc2cccc(Cl)c2)c1Cl. The summed E-state index contributed by atoms with van der Waals surface area (Å²) in [6.07, 6.45) is 0. The highest BCUT2D eigenvalue weighted by Crippen LogP contribution is 2.23. The van der Waals surface area contributed by atoms with E-state index in [4.69, 9.17) is 27.9 Å². The fraction of sp³-hybridized carbons (Fsp3) is 0.0769. The fourth-order valence-corrected chi connectivity index (χ4v) is 2.41. The summed E-state index contributed by atoms with van der Waals surface area (Å²) in [5, 5.41) is 22.1. The van der Waals surface area contributed by atoms with Crippen molar-refractivity contribution in [3.05, 3.63) is 52.5 Å². The smallest absolute Gasteiger partial charge is 0.462 e. The number of benzene rings is 2. The van der Waals surface area contributed by atoms with E-state index in [-0.39, 0.29) is 10.5 Å². The molecule has 0 spiro atoms. The first-order valence-corrected chi connectivity index (χ1v) is 7.26. The van der Waals surface area contributed by atoms with Crippen LogP contribution in [0.15, 0.2) is 42.5 Å². The molecular formula is C13H12BCl2NO3S. The Labute approximate surface area is 138 Å². The van der Waals surface area contributed by atoms with Crippen molar-refractivity contribution >= 4 is 54.1 Å². The molecule has 0 amide bonds. The third kappa shape index (κ3) is 4.46. The Morgan fingerprint density at radius 1 is 1.14 bits per heavy atom. The van der Waals surface area contributed by atoms with Gasteiger partial charge in [0.05, 0.1) is 10.7 Å². The van der Waals surface area contributed by atoms with Crippen LogP contribution in [-0.4, -0.2) is 22.7 Å². The predicted octanol–water partition coefficient (Wildman–Crippen LogP) is 2.38. The molecule has 0 heterocycles. The lowest BCUT2D eigenvalue weighted by atomic mass is 9.80. The lowest BCUT2D eigenvalue weighted by Crippen LogP contribution is -2.31. The Morgan fingerprint density at radius 2 is 1.86 bits per heavy atom. The third-order valence-electron chi connectivity index (χ3n) is 2.63. The maximum Gasteiger partial charge on any atom is 0.490 e. The summed E-state index contributed by atoms with van der Waals surface area (Å²) in [6, 6.07) is 11.7. The van der Waals surface area contributed by atoms with Crippen LogP contribution in [0.3, 0.4) is 0 Å². The van der Waals surface area contributed by atoms with Crippen molar-refractivity contribution in [1.82, 2.24) is 0 Å². The second-order valence-corrected chi connectivity index (χ2v) is 5.44. The number of halogens is 2. The van der Waals surface area contributed by atoms with Gasteiger partial charge in [-0.25, -0.2) is 0 Å². The van der Waals surface area contributed by atoms with E-state index in [2.05, 4.69) is 17.9 Å². The second kappa shape index (κ2) is 7.29. The first kappa shape index (κ1) is 16.3. The first-order chi connectivity index (χ1) is 9.97. The monoisotopic (exact) mass is 343 g/mol. The summed E-state index contributed by atoms with van der Waals surface area (Å²) in [7, 11) is -1.65. The molecule has 3 N–H and O–H groups in total. The van der Waals surface area contributed by atoms with Gasteiger partial charge in [-0.1, -0.05) is 41.4 Å². The van der Waals surface area contributed by atoms with E-state index in [1.54, 1.807) is 36.4 Å². The number of nitrogens with one attached hydrogen (secondary N) is 1. The molecule has 0 bridgehead atoms. The van der Waals surface area contributed by atoms with Gasteiger partial charge in [-0.3, -0.25) is 0 Å². The van der Waals surface area contributed by atoms with E-state index < -0.39 is 12.7 Å². The van der Waals surface area contributed by atoms with Crippen LogP contribution >= 0.6 is 35.8 Å². The van der Waals surface area contributed by atoms with Crippen molar-refractivity contribution in [3.8, 4) is 5.75 Å². The summed E-state index contributed by atoms with van der Waals surface area (Å²) in [5.41, 5.74) is -0.0127. The van der Waals surface area contributed by atoms with Gasteiger partial charge in [0.1, 0.15) is 5.75 Å². The molecule has 0 saturated heterocycles. The van der Waals surface area contributed by atoms with Crippen LogP contribution < -0.4 is 15.5 Å². The molecule has 2 aromatic carbocycles. The van der Waals surface area contributed by atoms with Crippen molar-refractivity contribution in [2.24, 2.45) is 0 Å². The van der Waals surface area contributed by atoms with Crippen LogP contribution in [0.5, 0.6) is 5.75 Å². The minimum Gasteiger partial charge on any atom is -0.462 e. The molecule has 4 nitrogen and oxygen atoms in total. The molecular weight excluding hydrogens is 332 g/mol. The number of rotatable bonds is 5. The number of thiol groups is 1. The van der Waals surface area contributed by atoms with E-state index in [0.717, 1.165) is 0 Å². The molecule has 21 heavy (non-hydrogen) atoms. The third-order valence-corrected chi connectivity index (χ3v) is 3.52. The van der Waals surface area contributed by atoms with Crippen molar-refractivity contribution < 1.29 is 14.8 Å². The molecule has 2 rings (SSSR count). The lowest BCUT2D eigenvalue weighted by molar-refractivity contribution is 0.317. The maximum absolute atomic E-state index is 9.21. The van der Waals surface area contributed by atoms with E-state index in [1.165, 1.54) is 6.07 Å². The van der Waals surface area contributed by atoms with Gasteiger partial charge < -0.3 is 20.1 Å². The molecule has 110 valence electrons. The molecule has 2 aromatic rings. The zero-order valence-corrected chi connectivity index (χ0v) is 13.1. The summed E-state index contributed by atoms with van der Waals surface area (Å²) >= 11 is 16.2. The van der Waals surface area contributed by atoms with Gasteiger partial charge in [0.15, 0.2) is 0 Å². The Bertz CT molecular complexity index is 630. The van der Waals surface area contributed by atoms with Crippen LogP contribution in [0.1, 0.15) is 0 Å². The minimum atomic E-state index is -1.65. The van der Waals surface area contributed by atoms with Gasteiger partial charge in [0, 0.05) is 10.5 Å². The zero-order chi connectivity index (χ0) is 15.4. The van der Waals surface area contributed by atoms with Crippen molar-refractivity contribution in [2.45, 2.75) is 5.56 Å². The summed E-state index contributed by atoms with van der Waals surface area (Å²) in [4.78, 5) is 0. The highest BCUT2D eigenvalue weighted by molar-refractivity contribution is 7.80. The fourth-order valence-electron chi connectivity index (χ4n) is 1.69. The zero-order valence-electron chi connectivity index (χ0n) is 10.7. The summed E-state index contributed by atoms with van der Waals surface area (Å²) in [5.74, 6) is 0.546. The predicted molar refractivity (Wildman–Crippen MR) is 89.8 cm³/mol. The van der Waals surface area contributed by atoms with E-state index in [9.17, 15) is 10.0 Å². The van der Waals surface area contributed by atoms with Crippen molar-refractivity contribution in [3.63, 3.8) is 0 Å². The molecule has 0 aliphatic rings. The van der Waals surface area contributed by atoms with Crippen LogP contribution in [0.25, 0.3) is 0 Å². The molecule has 0 saturated carbocycles. The standard InChI is InChI=1S/C13H12BCl2NO3S/c15-8-3-1-4-9(7-8)20-13(21)17-11-6-2-5-10(12(11)16)14(18)19/h1-7,13,17-19,21H. The average Bonchev–Trinajstić information content (AvgIpc) is 2.40. The summed E-state index contributed by atoms with van der Waals surface area (Å²) < 4.78 is 5.54. The topological polar surface area (TPSA) is 61.7 Å². The molecule has 1 atom stereocenters. The van der Waals surface area contributed by atoms with Gasteiger partial charge >= 0.3 is 7.12 Å². The normalized spacial score (nSPS) is 11.9. The van der Waals surface area contributed by atoms with Gasteiger partial charge in [0.2, 0.25) is 5.56 Å². The molecule has 8 heteroatoms. The van der Waals surface area contributed by atoms with E-state index in [1.807, 2.05) is 0 Å². The Hall–Kier alpha value is -1.05. The highest BCUT2D eigenvalue weighted by Gasteiger charge is 2.18. The number of hydrogen-bond acceptors (Lipinski definition) is 5. The van der Waals surface area contributed by atoms with Crippen LogP contribution in [0, 0.1) is 0 Å². The quantitative estimate of drug-likeness (QED) is 0.382. The number of anilines is 1. The van der Waals surface area contributed by atoms with Gasteiger partial charge in [0.25, 0.3) is 0 Å². The summed E-state index contributed by atoms with van der Waals surface area (Å²) in [6.45, 7) is 0. The Morgan fingerprint density at radius 3 is 2.52 bits per heavy atom. The average molecular weight is 344 g/mol. The number of hydrogen-bond donors (Lipinski definition) is 4. The molecule has 0 fully saturated rings. The Balaban J connectivity index is 2.09. The van der Waals surface area contributed by atoms with E-state index >= 15 is 0 Å². The minimum absolute atomic E-state index is 0.196. The van der Waals surface area contributed by atoms with Gasteiger partial charge in [-0.15, -0.1) is 12.6 Å². The first-order valence-electron chi connectivity index (χ1n) is 5.99. The van der Waals surface area contributed by atoms with Crippen LogP contribution in [-0.2, 0) is 0 Å². The molecule has 0 aromatic heterocycles. The second-order valence-electron chi connectivity index (χ2n) is 4.15. The van der Waals surface area contributed by atoms with Crippen molar-refractivity contribution in [2.75, 3.05) is 5.32 Å².